The number of benzene rings is 2. The summed E-state index contributed by atoms with van der Waals surface area (Å²) in [6.45, 7) is 6.23. The van der Waals surface area contributed by atoms with Crippen molar-refractivity contribution in [3.63, 3.8) is 0 Å². The number of likely N-dealkylation sites (tertiary alicyclic amines) is 1. The third-order valence-electron chi connectivity index (χ3n) is 6.22. The Morgan fingerprint density at radius 2 is 1.61 bits per heavy atom. The van der Waals surface area contributed by atoms with E-state index in [1.165, 1.54) is 44.2 Å². The maximum absolute atomic E-state index is 13.4. The average Bonchev–Trinajstić information content (AvgIpc) is 2.78. The van der Waals surface area contributed by atoms with Gasteiger partial charge in [0.25, 0.3) is 0 Å². The number of methoxy groups -OCH3 is 1. The topological polar surface area (TPSA) is 21.7 Å². The summed E-state index contributed by atoms with van der Waals surface area (Å²) in [5.74, 6) is 2.32. The van der Waals surface area contributed by atoms with Crippen LogP contribution in [-0.2, 0) is 0 Å². The lowest BCUT2D eigenvalue weighted by atomic mass is 9.80. The van der Waals surface area contributed by atoms with Crippen molar-refractivity contribution in [2.45, 2.75) is 51.4 Å². The van der Waals surface area contributed by atoms with Crippen LogP contribution in [0.25, 0.3) is 0 Å². The van der Waals surface area contributed by atoms with Crippen molar-refractivity contribution in [3.05, 3.63) is 59.9 Å². The molecular formula is C26H37ClFNO2. The van der Waals surface area contributed by atoms with Crippen LogP contribution in [0, 0.1) is 11.7 Å². The summed E-state index contributed by atoms with van der Waals surface area (Å²) >= 11 is 0. The van der Waals surface area contributed by atoms with Crippen molar-refractivity contribution < 1.29 is 13.9 Å². The van der Waals surface area contributed by atoms with Gasteiger partial charge < -0.3 is 14.4 Å². The molecule has 0 N–H and O–H groups in total. The first kappa shape index (κ1) is 25.5. The Bertz CT molecular complexity index is 738. The lowest BCUT2D eigenvalue weighted by Gasteiger charge is -2.39. The molecule has 1 fully saturated rings. The summed E-state index contributed by atoms with van der Waals surface area (Å²) in [5.41, 5.74) is 1.22. The normalized spacial score (nSPS) is 18.9. The van der Waals surface area contributed by atoms with Crippen LogP contribution in [0.1, 0.15) is 56.9 Å². The summed E-state index contributed by atoms with van der Waals surface area (Å²) < 4.78 is 24.8. The summed E-state index contributed by atoms with van der Waals surface area (Å²) in [4.78, 5) is 2.59. The monoisotopic (exact) mass is 449 g/mol. The van der Waals surface area contributed by atoms with Crippen LogP contribution in [0.15, 0.2) is 48.5 Å². The molecule has 5 heteroatoms. The van der Waals surface area contributed by atoms with Gasteiger partial charge in [0, 0.05) is 12.5 Å². The van der Waals surface area contributed by atoms with Crippen LogP contribution in [-0.4, -0.2) is 38.3 Å². The SMILES string of the molecule is CCCCCCCN1CC[C@@H](c2ccc(F)cc2)[C@H](COc2ccc(OC)cc2)C1.Cl. The fourth-order valence-corrected chi connectivity index (χ4v) is 4.44. The van der Waals surface area contributed by atoms with E-state index in [4.69, 9.17) is 9.47 Å². The molecular weight excluding hydrogens is 413 g/mol. The van der Waals surface area contributed by atoms with E-state index in [2.05, 4.69) is 11.8 Å². The van der Waals surface area contributed by atoms with Gasteiger partial charge in [-0.2, -0.15) is 0 Å². The van der Waals surface area contributed by atoms with Crippen LogP contribution in [0.3, 0.4) is 0 Å². The average molecular weight is 450 g/mol. The molecule has 0 spiro atoms. The Labute approximate surface area is 193 Å². The molecule has 0 unspecified atom stereocenters. The van der Waals surface area contributed by atoms with E-state index in [0.717, 1.165) is 31.0 Å². The second kappa shape index (κ2) is 13.6. The van der Waals surface area contributed by atoms with Gasteiger partial charge in [-0.3, -0.25) is 0 Å². The molecule has 0 aliphatic carbocycles. The zero-order valence-corrected chi connectivity index (χ0v) is 19.7. The van der Waals surface area contributed by atoms with Crippen molar-refractivity contribution in [1.29, 1.82) is 0 Å². The Morgan fingerprint density at radius 3 is 2.29 bits per heavy atom. The van der Waals surface area contributed by atoms with Crippen LogP contribution in [0.2, 0.25) is 0 Å². The summed E-state index contributed by atoms with van der Waals surface area (Å²) in [7, 11) is 1.67. The first-order valence-corrected chi connectivity index (χ1v) is 11.4. The molecule has 1 saturated heterocycles. The predicted octanol–water partition coefficient (Wildman–Crippen LogP) is 6.71. The van der Waals surface area contributed by atoms with Gasteiger partial charge >= 0.3 is 0 Å². The summed E-state index contributed by atoms with van der Waals surface area (Å²) in [6.07, 6.45) is 7.65. The minimum absolute atomic E-state index is 0. The Morgan fingerprint density at radius 1 is 0.935 bits per heavy atom. The molecule has 172 valence electrons. The number of nitrogens with zero attached hydrogens (tertiary/aromatic N) is 1. The molecule has 2 atom stereocenters. The molecule has 0 bridgehead atoms. The van der Waals surface area contributed by atoms with Gasteiger partial charge in [0.2, 0.25) is 0 Å². The number of piperidine rings is 1. The highest BCUT2D eigenvalue weighted by atomic mass is 35.5. The smallest absolute Gasteiger partial charge is 0.123 e. The molecule has 1 aliphatic rings. The number of hydrogen-bond donors (Lipinski definition) is 0. The second-order valence-corrected chi connectivity index (χ2v) is 8.41. The number of unbranched alkanes of at least 4 members (excludes halogenated alkanes) is 4. The molecule has 3 rings (SSSR count). The fraction of sp³-hybridized carbons (Fsp3) is 0.538. The standard InChI is InChI=1S/C26H36FNO2.ClH/c1-3-4-5-6-7-17-28-18-16-26(21-8-10-23(27)11-9-21)22(19-28)20-30-25-14-12-24(29-2)13-15-25;/h8-15,22,26H,3-7,16-20H2,1-2H3;1H/t22-,26-;/m0./s1. The second-order valence-electron chi connectivity index (χ2n) is 8.41. The third kappa shape index (κ3) is 8.01. The Balaban J connectivity index is 0.00000341. The minimum Gasteiger partial charge on any atom is -0.497 e. The summed E-state index contributed by atoms with van der Waals surface area (Å²) in [5, 5.41) is 0. The zero-order valence-electron chi connectivity index (χ0n) is 18.9. The van der Waals surface area contributed by atoms with E-state index < -0.39 is 0 Å². The van der Waals surface area contributed by atoms with Gasteiger partial charge in [-0.25, -0.2) is 4.39 Å². The molecule has 0 amide bonds. The van der Waals surface area contributed by atoms with Crippen molar-refractivity contribution in [2.24, 2.45) is 5.92 Å². The van der Waals surface area contributed by atoms with Crippen molar-refractivity contribution in [2.75, 3.05) is 33.4 Å². The first-order chi connectivity index (χ1) is 14.7. The van der Waals surface area contributed by atoms with Crippen molar-refractivity contribution in [1.82, 2.24) is 4.90 Å². The lowest BCUT2D eigenvalue weighted by molar-refractivity contribution is 0.109. The Kier molecular flexibility index (Phi) is 11.2. The molecule has 1 heterocycles. The van der Waals surface area contributed by atoms with Crippen LogP contribution in [0.5, 0.6) is 11.5 Å². The highest BCUT2D eigenvalue weighted by Gasteiger charge is 2.30. The number of rotatable bonds is 11. The maximum Gasteiger partial charge on any atom is 0.123 e. The van der Waals surface area contributed by atoms with Gasteiger partial charge in [0.1, 0.15) is 17.3 Å². The van der Waals surface area contributed by atoms with Gasteiger partial charge in [-0.15, -0.1) is 12.4 Å². The van der Waals surface area contributed by atoms with E-state index in [-0.39, 0.29) is 18.2 Å². The molecule has 31 heavy (non-hydrogen) atoms. The van der Waals surface area contributed by atoms with Crippen molar-refractivity contribution in [3.8, 4) is 11.5 Å². The molecule has 2 aromatic carbocycles. The minimum atomic E-state index is -0.172. The molecule has 2 aromatic rings. The van der Waals surface area contributed by atoms with Crippen LogP contribution in [0.4, 0.5) is 4.39 Å². The molecule has 0 aromatic heterocycles. The number of ether oxygens (including phenoxy) is 2. The molecule has 0 saturated carbocycles. The molecule has 3 nitrogen and oxygen atoms in total. The predicted molar refractivity (Wildman–Crippen MR) is 128 cm³/mol. The summed E-state index contributed by atoms with van der Waals surface area (Å²) in [6, 6.07) is 14.8. The van der Waals surface area contributed by atoms with Gasteiger partial charge in [-0.1, -0.05) is 44.7 Å². The van der Waals surface area contributed by atoms with E-state index in [1.807, 2.05) is 36.4 Å². The lowest BCUT2D eigenvalue weighted by Crippen LogP contribution is -2.42. The van der Waals surface area contributed by atoms with Gasteiger partial charge in [0.15, 0.2) is 0 Å². The fourth-order valence-electron chi connectivity index (χ4n) is 4.44. The number of halogens is 2. The highest BCUT2D eigenvalue weighted by molar-refractivity contribution is 5.85. The van der Waals surface area contributed by atoms with Crippen LogP contribution < -0.4 is 9.47 Å². The largest absolute Gasteiger partial charge is 0.497 e. The van der Waals surface area contributed by atoms with Crippen LogP contribution >= 0.6 is 12.4 Å². The van der Waals surface area contributed by atoms with Gasteiger partial charge in [-0.05, 0) is 73.8 Å². The van der Waals surface area contributed by atoms with E-state index in [0.29, 0.717) is 18.4 Å². The first-order valence-electron chi connectivity index (χ1n) is 11.4. The zero-order chi connectivity index (χ0) is 21.2. The molecule has 0 radical (unpaired) electrons. The van der Waals surface area contributed by atoms with E-state index in [1.54, 1.807) is 19.2 Å². The maximum atomic E-state index is 13.4. The Hall–Kier alpha value is -1.78. The van der Waals surface area contributed by atoms with Gasteiger partial charge in [0.05, 0.1) is 13.7 Å². The van der Waals surface area contributed by atoms with Crippen molar-refractivity contribution >= 4 is 12.4 Å². The van der Waals surface area contributed by atoms with E-state index in [9.17, 15) is 4.39 Å². The third-order valence-corrected chi connectivity index (χ3v) is 6.22. The quantitative estimate of drug-likeness (QED) is 0.356. The highest BCUT2D eigenvalue weighted by Crippen LogP contribution is 2.34. The number of hydrogen-bond acceptors (Lipinski definition) is 3. The van der Waals surface area contributed by atoms with E-state index >= 15 is 0 Å². The molecule has 1 aliphatic heterocycles.